The summed E-state index contributed by atoms with van der Waals surface area (Å²) in [6, 6.07) is 22.8. The van der Waals surface area contributed by atoms with Crippen LogP contribution in [0.15, 0.2) is 71.5 Å². The summed E-state index contributed by atoms with van der Waals surface area (Å²) in [6.07, 6.45) is 1.26. The molecule has 0 fully saturated rings. The van der Waals surface area contributed by atoms with Gasteiger partial charge < -0.3 is 10.1 Å². The Morgan fingerprint density at radius 3 is 2.48 bits per heavy atom. The van der Waals surface area contributed by atoms with Gasteiger partial charge in [0.15, 0.2) is 0 Å². The van der Waals surface area contributed by atoms with Crippen LogP contribution >= 0.6 is 0 Å². The molecule has 2 N–H and O–H groups in total. The van der Waals surface area contributed by atoms with E-state index in [-0.39, 0.29) is 11.3 Å². The molecule has 1 aromatic heterocycles. The van der Waals surface area contributed by atoms with Gasteiger partial charge in [-0.2, -0.15) is 5.26 Å². The Labute approximate surface area is 168 Å². The average molecular weight is 380 g/mol. The van der Waals surface area contributed by atoms with E-state index in [0.717, 1.165) is 27.9 Å². The van der Waals surface area contributed by atoms with Crippen LogP contribution in [0.25, 0.3) is 21.9 Å². The molecule has 0 atom stereocenters. The van der Waals surface area contributed by atoms with Crippen molar-refractivity contribution in [3.8, 4) is 22.9 Å². The Kier molecular flexibility index (Phi) is 4.88. The quantitative estimate of drug-likeness (QED) is 0.527. The molecule has 4 heteroatoms. The summed E-state index contributed by atoms with van der Waals surface area (Å²) >= 11 is 0. The van der Waals surface area contributed by atoms with Crippen LogP contribution in [0.5, 0.6) is 5.75 Å². The minimum atomic E-state index is -0.192. The van der Waals surface area contributed by atoms with Gasteiger partial charge in [-0.15, -0.1) is 0 Å². The normalized spacial score (nSPS) is 10.8. The number of phenolic OH excluding ortho intramolecular Hbond substituents is 1. The van der Waals surface area contributed by atoms with Crippen molar-refractivity contribution in [2.24, 2.45) is 0 Å². The van der Waals surface area contributed by atoms with E-state index in [1.807, 2.05) is 55.5 Å². The van der Waals surface area contributed by atoms with Crippen LogP contribution in [0, 0.1) is 11.3 Å². The molecule has 0 saturated carbocycles. The fourth-order valence-corrected chi connectivity index (χ4v) is 3.86. The molecule has 0 aliphatic carbocycles. The molecule has 0 bridgehead atoms. The maximum atomic E-state index is 12.5. The largest absolute Gasteiger partial charge is 0.507 e. The molecule has 4 rings (SSSR count). The molecule has 0 unspecified atom stereocenters. The van der Waals surface area contributed by atoms with E-state index < -0.39 is 0 Å². The number of aromatic hydroxyl groups is 1. The standard InChI is InChI=1S/C25H20N2O2/c1-2-19-22(27-25(29)21-8-5-9-23(28)24(19)21)14-16-10-12-17(13-11-16)20-7-4-3-6-18(20)15-26/h3-13,28H,2,14H2,1H3,(H,27,29). The molecule has 0 aliphatic rings. The lowest BCUT2D eigenvalue weighted by Crippen LogP contribution is -2.13. The minimum Gasteiger partial charge on any atom is -0.507 e. The van der Waals surface area contributed by atoms with Crippen LogP contribution < -0.4 is 5.56 Å². The Hall–Kier alpha value is -3.84. The van der Waals surface area contributed by atoms with E-state index in [4.69, 9.17) is 0 Å². The third kappa shape index (κ3) is 3.39. The molecule has 4 aromatic rings. The molecule has 0 aliphatic heterocycles. The van der Waals surface area contributed by atoms with Crippen molar-refractivity contribution in [3.05, 3.63) is 99.5 Å². The van der Waals surface area contributed by atoms with Crippen LogP contribution in [-0.2, 0) is 12.8 Å². The van der Waals surface area contributed by atoms with Crippen molar-refractivity contribution in [3.63, 3.8) is 0 Å². The van der Waals surface area contributed by atoms with E-state index >= 15 is 0 Å². The number of phenols is 1. The predicted molar refractivity (Wildman–Crippen MR) is 115 cm³/mol. The maximum Gasteiger partial charge on any atom is 0.256 e. The van der Waals surface area contributed by atoms with Gasteiger partial charge in [-0.25, -0.2) is 0 Å². The van der Waals surface area contributed by atoms with Gasteiger partial charge in [0.1, 0.15) is 5.75 Å². The molecule has 4 nitrogen and oxygen atoms in total. The molecule has 142 valence electrons. The molecule has 0 spiro atoms. The van der Waals surface area contributed by atoms with E-state index in [1.54, 1.807) is 18.2 Å². The Balaban J connectivity index is 1.74. The highest BCUT2D eigenvalue weighted by molar-refractivity contribution is 5.91. The zero-order valence-corrected chi connectivity index (χ0v) is 16.1. The number of pyridine rings is 1. The minimum absolute atomic E-state index is 0.134. The summed E-state index contributed by atoms with van der Waals surface area (Å²) < 4.78 is 0. The van der Waals surface area contributed by atoms with E-state index in [9.17, 15) is 15.2 Å². The fourth-order valence-electron chi connectivity index (χ4n) is 3.86. The van der Waals surface area contributed by atoms with Crippen molar-refractivity contribution >= 4 is 10.8 Å². The number of H-pyrrole nitrogens is 1. The summed E-state index contributed by atoms with van der Waals surface area (Å²) in [7, 11) is 0. The smallest absolute Gasteiger partial charge is 0.256 e. The van der Waals surface area contributed by atoms with E-state index in [0.29, 0.717) is 29.2 Å². The second-order valence-electron chi connectivity index (χ2n) is 7.00. The molecule has 1 heterocycles. The second kappa shape index (κ2) is 7.65. The molecule has 0 saturated heterocycles. The van der Waals surface area contributed by atoms with Crippen LogP contribution in [0.4, 0.5) is 0 Å². The first kappa shape index (κ1) is 18.5. The number of aryl methyl sites for hydroxylation is 1. The monoisotopic (exact) mass is 380 g/mol. The van der Waals surface area contributed by atoms with Gasteiger partial charge in [0.2, 0.25) is 0 Å². The van der Waals surface area contributed by atoms with Crippen LogP contribution in [0.1, 0.15) is 29.3 Å². The first-order valence-corrected chi connectivity index (χ1v) is 9.56. The highest BCUT2D eigenvalue weighted by Crippen LogP contribution is 2.29. The Bertz CT molecular complexity index is 1300. The molecule has 3 aromatic carbocycles. The predicted octanol–water partition coefficient (Wildman–Crippen LogP) is 4.93. The fraction of sp³-hybridized carbons (Fsp3) is 0.120. The number of hydrogen-bond acceptors (Lipinski definition) is 3. The first-order valence-electron chi connectivity index (χ1n) is 9.56. The van der Waals surface area contributed by atoms with Gasteiger partial charge in [0, 0.05) is 17.5 Å². The van der Waals surface area contributed by atoms with E-state index in [1.165, 1.54) is 0 Å². The number of nitrogens with one attached hydrogen (secondary N) is 1. The number of aromatic nitrogens is 1. The molecular weight excluding hydrogens is 360 g/mol. The number of benzene rings is 3. The average Bonchev–Trinajstić information content (AvgIpc) is 2.75. The van der Waals surface area contributed by atoms with Gasteiger partial charge in [-0.1, -0.05) is 55.5 Å². The zero-order valence-electron chi connectivity index (χ0n) is 16.1. The SMILES string of the molecule is CCc1c(Cc2ccc(-c3ccccc3C#N)cc2)[nH]c(=O)c2cccc(O)c12. The number of hydrogen-bond donors (Lipinski definition) is 2. The van der Waals surface area contributed by atoms with Crippen molar-refractivity contribution in [1.29, 1.82) is 5.26 Å². The summed E-state index contributed by atoms with van der Waals surface area (Å²) in [6.45, 7) is 2.02. The number of rotatable bonds is 4. The van der Waals surface area contributed by atoms with Gasteiger partial charge in [0.25, 0.3) is 5.56 Å². The lowest BCUT2D eigenvalue weighted by molar-refractivity contribution is 0.481. The molecular formula is C25H20N2O2. The van der Waals surface area contributed by atoms with Crippen molar-refractivity contribution < 1.29 is 5.11 Å². The number of nitriles is 1. The van der Waals surface area contributed by atoms with Crippen molar-refractivity contribution in [1.82, 2.24) is 4.98 Å². The first-order chi connectivity index (χ1) is 14.1. The van der Waals surface area contributed by atoms with E-state index in [2.05, 4.69) is 11.1 Å². The van der Waals surface area contributed by atoms with Gasteiger partial charge in [-0.05, 0) is 46.9 Å². The van der Waals surface area contributed by atoms with Gasteiger partial charge in [0.05, 0.1) is 17.0 Å². The highest BCUT2D eigenvalue weighted by atomic mass is 16.3. The third-order valence-corrected chi connectivity index (χ3v) is 5.26. The topological polar surface area (TPSA) is 76.9 Å². The highest BCUT2D eigenvalue weighted by Gasteiger charge is 2.14. The third-order valence-electron chi connectivity index (χ3n) is 5.26. The Morgan fingerprint density at radius 2 is 1.76 bits per heavy atom. The van der Waals surface area contributed by atoms with Crippen molar-refractivity contribution in [2.75, 3.05) is 0 Å². The molecule has 0 amide bonds. The second-order valence-corrected chi connectivity index (χ2v) is 7.00. The molecule has 29 heavy (non-hydrogen) atoms. The molecule has 0 radical (unpaired) electrons. The lowest BCUT2D eigenvalue weighted by Gasteiger charge is -2.13. The van der Waals surface area contributed by atoms with Crippen LogP contribution in [0.2, 0.25) is 0 Å². The number of aromatic amines is 1. The maximum absolute atomic E-state index is 12.5. The van der Waals surface area contributed by atoms with Crippen LogP contribution in [-0.4, -0.2) is 10.1 Å². The number of nitrogens with zero attached hydrogens (tertiary/aromatic N) is 1. The summed E-state index contributed by atoms with van der Waals surface area (Å²) in [5.41, 5.74) is 5.15. The van der Waals surface area contributed by atoms with Crippen LogP contribution in [0.3, 0.4) is 0 Å². The summed E-state index contributed by atoms with van der Waals surface area (Å²) in [5.74, 6) is 0.134. The van der Waals surface area contributed by atoms with Gasteiger partial charge in [-0.3, -0.25) is 4.79 Å². The summed E-state index contributed by atoms with van der Waals surface area (Å²) in [4.78, 5) is 15.5. The van der Waals surface area contributed by atoms with Crippen molar-refractivity contribution in [2.45, 2.75) is 19.8 Å². The van der Waals surface area contributed by atoms with Gasteiger partial charge >= 0.3 is 0 Å². The number of fused-ring (bicyclic) bond motifs is 1. The lowest BCUT2D eigenvalue weighted by atomic mass is 9.95. The summed E-state index contributed by atoms with van der Waals surface area (Å²) in [5, 5.41) is 20.8. The Morgan fingerprint density at radius 1 is 1.00 bits per heavy atom. The zero-order chi connectivity index (χ0) is 20.4.